The van der Waals surface area contributed by atoms with Crippen LogP contribution in [0.25, 0.3) is 10.9 Å². The number of nitrogens with zero attached hydrogens (tertiary/aromatic N) is 2. The molecule has 0 saturated heterocycles. The van der Waals surface area contributed by atoms with Crippen molar-refractivity contribution in [2.24, 2.45) is 0 Å². The molecule has 0 atom stereocenters. The Morgan fingerprint density at radius 3 is 2.78 bits per heavy atom. The number of amides is 1. The van der Waals surface area contributed by atoms with Crippen molar-refractivity contribution >= 4 is 60.0 Å². The second kappa shape index (κ2) is 8.01. The van der Waals surface area contributed by atoms with Crippen LogP contribution in [0.4, 0.5) is 11.4 Å². The zero-order valence-electron chi connectivity index (χ0n) is 14.0. The number of anilines is 1. The summed E-state index contributed by atoms with van der Waals surface area (Å²) >= 11 is 6.87. The number of hydrogen-bond acceptors (Lipinski definition) is 5. The van der Waals surface area contributed by atoms with Crippen molar-refractivity contribution in [1.82, 2.24) is 4.98 Å². The zero-order valence-corrected chi connectivity index (χ0v) is 17.2. The molecule has 9 heteroatoms. The Kier molecular flexibility index (Phi) is 5.71. The van der Waals surface area contributed by atoms with E-state index in [9.17, 15) is 14.9 Å². The third kappa shape index (κ3) is 4.25. The lowest BCUT2D eigenvalue weighted by Gasteiger charge is -2.12. The third-order valence-electron chi connectivity index (χ3n) is 3.72. The first-order valence-electron chi connectivity index (χ1n) is 7.77. The van der Waals surface area contributed by atoms with E-state index >= 15 is 0 Å². The summed E-state index contributed by atoms with van der Waals surface area (Å²) in [4.78, 5) is 27.2. The van der Waals surface area contributed by atoms with Crippen LogP contribution in [0, 0.1) is 17.0 Å². The molecule has 0 aliphatic rings. The van der Waals surface area contributed by atoms with Crippen molar-refractivity contribution < 1.29 is 14.5 Å². The summed E-state index contributed by atoms with van der Waals surface area (Å²) in [6, 6.07) is 10.1. The van der Waals surface area contributed by atoms with Crippen LogP contribution in [-0.4, -0.2) is 22.4 Å². The maximum absolute atomic E-state index is 12.3. The third-order valence-corrected chi connectivity index (χ3v) is 4.97. The molecule has 138 valence electrons. The number of pyridine rings is 1. The van der Waals surface area contributed by atoms with Crippen molar-refractivity contribution in [1.29, 1.82) is 0 Å². The Bertz CT molecular complexity index is 1060. The molecule has 1 aromatic heterocycles. The van der Waals surface area contributed by atoms with Crippen molar-refractivity contribution in [3.8, 4) is 5.75 Å². The van der Waals surface area contributed by atoms with Gasteiger partial charge in [0.05, 0.1) is 9.40 Å². The summed E-state index contributed by atoms with van der Waals surface area (Å²) in [6.07, 6.45) is 1.63. The van der Waals surface area contributed by atoms with E-state index in [1.54, 1.807) is 25.3 Å². The fourth-order valence-corrected chi connectivity index (χ4v) is 3.89. The molecule has 0 radical (unpaired) electrons. The van der Waals surface area contributed by atoms with E-state index in [0.717, 1.165) is 15.4 Å². The second-order valence-corrected chi connectivity index (χ2v) is 7.39. The minimum Gasteiger partial charge on any atom is -0.480 e. The minimum atomic E-state index is -0.536. The molecule has 1 heterocycles. The molecule has 0 spiro atoms. The van der Waals surface area contributed by atoms with Gasteiger partial charge in [0.2, 0.25) is 0 Å². The average molecular weight is 495 g/mol. The SMILES string of the molecule is Cc1ccc(NC(=O)COc2c(Br)cc(Br)c3cccnc23)c([N+](=O)[O-])c1. The van der Waals surface area contributed by atoms with Gasteiger partial charge in [-0.05, 0) is 46.6 Å². The quantitative estimate of drug-likeness (QED) is 0.398. The lowest BCUT2D eigenvalue weighted by atomic mass is 10.2. The van der Waals surface area contributed by atoms with E-state index in [1.807, 2.05) is 12.1 Å². The first-order valence-corrected chi connectivity index (χ1v) is 9.36. The van der Waals surface area contributed by atoms with Crippen LogP contribution in [0.15, 0.2) is 51.5 Å². The van der Waals surface area contributed by atoms with E-state index in [-0.39, 0.29) is 18.0 Å². The van der Waals surface area contributed by atoms with Gasteiger partial charge >= 0.3 is 0 Å². The van der Waals surface area contributed by atoms with Crippen LogP contribution < -0.4 is 10.1 Å². The van der Waals surface area contributed by atoms with Crippen LogP contribution in [0.2, 0.25) is 0 Å². The first-order chi connectivity index (χ1) is 12.9. The number of nitro groups is 1. The summed E-state index contributed by atoms with van der Waals surface area (Å²) in [5.41, 5.74) is 1.28. The highest BCUT2D eigenvalue weighted by Crippen LogP contribution is 2.37. The number of fused-ring (bicyclic) bond motifs is 1. The Morgan fingerprint density at radius 2 is 2.04 bits per heavy atom. The van der Waals surface area contributed by atoms with E-state index in [2.05, 4.69) is 42.2 Å². The highest BCUT2D eigenvalue weighted by atomic mass is 79.9. The fraction of sp³-hybridized carbons (Fsp3) is 0.111. The summed E-state index contributed by atoms with van der Waals surface area (Å²) in [6.45, 7) is 1.42. The standard InChI is InChI=1S/C18H13Br2N3O4/c1-10-4-5-14(15(7-10)23(25)26)22-16(24)9-27-18-13(20)8-12(19)11-3-2-6-21-17(11)18/h2-8H,9H2,1H3,(H,22,24). The Morgan fingerprint density at radius 1 is 1.26 bits per heavy atom. The monoisotopic (exact) mass is 493 g/mol. The molecule has 27 heavy (non-hydrogen) atoms. The van der Waals surface area contributed by atoms with Gasteiger partial charge in [0.15, 0.2) is 12.4 Å². The number of carbonyl (C=O) groups is 1. The molecular formula is C18H13Br2N3O4. The van der Waals surface area contributed by atoms with Crippen LogP contribution in [0.3, 0.4) is 0 Å². The maximum atomic E-state index is 12.3. The van der Waals surface area contributed by atoms with Gasteiger partial charge < -0.3 is 10.1 Å². The van der Waals surface area contributed by atoms with Gasteiger partial charge in [-0.25, -0.2) is 0 Å². The molecule has 1 N–H and O–H groups in total. The van der Waals surface area contributed by atoms with Crippen molar-refractivity contribution in [3.05, 3.63) is 67.2 Å². The number of nitro benzene ring substituents is 1. The van der Waals surface area contributed by atoms with Crippen molar-refractivity contribution in [2.45, 2.75) is 6.92 Å². The van der Waals surface area contributed by atoms with Crippen molar-refractivity contribution in [2.75, 3.05) is 11.9 Å². The molecule has 0 saturated carbocycles. The number of ether oxygens (including phenoxy) is 1. The summed E-state index contributed by atoms with van der Waals surface area (Å²) < 4.78 is 7.12. The normalized spacial score (nSPS) is 10.6. The lowest BCUT2D eigenvalue weighted by molar-refractivity contribution is -0.384. The molecule has 1 amide bonds. The minimum absolute atomic E-state index is 0.122. The van der Waals surface area contributed by atoms with E-state index in [1.165, 1.54) is 12.1 Å². The molecule has 7 nitrogen and oxygen atoms in total. The molecule has 2 aromatic carbocycles. The number of carbonyl (C=O) groups excluding carboxylic acids is 1. The van der Waals surface area contributed by atoms with Gasteiger partial charge in [0.1, 0.15) is 11.2 Å². The molecule has 3 aromatic rings. The number of rotatable bonds is 5. The topological polar surface area (TPSA) is 94.4 Å². The summed E-state index contributed by atoms with van der Waals surface area (Å²) in [5, 5.41) is 14.5. The Balaban J connectivity index is 1.80. The lowest BCUT2D eigenvalue weighted by Crippen LogP contribution is -2.21. The predicted octanol–water partition coefficient (Wildman–Crippen LogP) is 4.99. The van der Waals surface area contributed by atoms with Gasteiger partial charge in [-0.3, -0.25) is 19.9 Å². The molecular weight excluding hydrogens is 482 g/mol. The van der Waals surface area contributed by atoms with E-state index in [0.29, 0.717) is 15.7 Å². The fourth-order valence-electron chi connectivity index (χ4n) is 2.51. The zero-order chi connectivity index (χ0) is 19.6. The average Bonchev–Trinajstić information content (AvgIpc) is 2.63. The molecule has 3 rings (SSSR count). The van der Waals surface area contributed by atoms with Crippen LogP contribution in [0.1, 0.15) is 5.56 Å². The van der Waals surface area contributed by atoms with Gasteiger partial charge in [0, 0.05) is 22.1 Å². The van der Waals surface area contributed by atoms with Crippen molar-refractivity contribution in [3.63, 3.8) is 0 Å². The van der Waals surface area contributed by atoms with Gasteiger partial charge in [-0.15, -0.1) is 0 Å². The first kappa shape index (κ1) is 19.2. The summed E-state index contributed by atoms with van der Waals surface area (Å²) in [7, 11) is 0. The van der Waals surface area contributed by atoms with E-state index in [4.69, 9.17) is 4.74 Å². The maximum Gasteiger partial charge on any atom is 0.293 e. The Labute approximate surface area is 171 Å². The molecule has 0 aliphatic carbocycles. The Hall–Kier alpha value is -2.52. The number of benzene rings is 2. The largest absolute Gasteiger partial charge is 0.480 e. The predicted molar refractivity (Wildman–Crippen MR) is 109 cm³/mol. The molecule has 0 bridgehead atoms. The highest BCUT2D eigenvalue weighted by Gasteiger charge is 2.18. The summed E-state index contributed by atoms with van der Waals surface area (Å²) in [5.74, 6) is -0.0943. The number of hydrogen-bond donors (Lipinski definition) is 1. The molecule has 0 fully saturated rings. The number of aryl methyl sites for hydroxylation is 1. The number of aromatic nitrogens is 1. The number of halogens is 2. The molecule has 0 aliphatic heterocycles. The van der Waals surface area contributed by atoms with Gasteiger partial charge in [0.25, 0.3) is 11.6 Å². The molecule has 0 unspecified atom stereocenters. The van der Waals surface area contributed by atoms with Crippen LogP contribution in [0.5, 0.6) is 5.75 Å². The number of nitrogens with one attached hydrogen (secondary N) is 1. The van der Waals surface area contributed by atoms with Gasteiger partial charge in [-0.1, -0.05) is 28.1 Å². The van der Waals surface area contributed by atoms with Crippen LogP contribution in [-0.2, 0) is 4.79 Å². The smallest absolute Gasteiger partial charge is 0.293 e. The second-order valence-electron chi connectivity index (χ2n) is 5.68. The van der Waals surface area contributed by atoms with E-state index < -0.39 is 10.8 Å². The van der Waals surface area contributed by atoms with Gasteiger partial charge in [-0.2, -0.15) is 0 Å². The highest BCUT2D eigenvalue weighted by molar-refractivity contribution is 9.11. The van der Waals surface area contributed by atoms with Crippen LogP contribution >= 0.6 is 31.9 Å².